The Bertz CT molecular complexity index is 713. The summed E-state index contributed by atoms with van der Waals surface area (Å²) in [6.07, 6.45) is 1.56. The molecule has 188 valence electrons. The number of hydrogen-bond donors (Lipinski definition) is 2. The highest BCUT2D eigenvalue weighted by atomic mass is 127. The number of rotatable bonds is 9. The highest BCUT2D eigenvalue weighted by Gasteiger charge is 2.22. The van der Waals surface area contributed by atoms with Gasteiger partial charge in [0.15, 0.2) is 5.96 Å². The number of anilines is 1. The molecule has 0 spiro atoms. The number of morpholine rings is 1. The first-order valence-corrected chi connectivity index (χ1v) is 12.2. The first-order chi connectivity index (χ1) is 15.4. The molecule has 0 aliphatic carbocycles. The van der Waals surface area contributed by atoms with Crippen LogP contribution in [-0.2, 0) is 4.74 Å². The molecule has 0 amide bonds. The van der Waals surface area contributed by atoms with Crippen LogP contribution in [0.2, 0.25) is 0 Å². The lowest BCUT2D eigenvalue weighted by atomic mass is 10.1. The molecule has 2 N–H and O–H groups in total. The smallest absolute Gasteiger partial charge is 0.195 e. The number of nitrogens with one attached hydrogen (secondary N) is 2. The van der Waals surface area contributed by atoms with Crippen molar-refractivity contribution in [2.24, 2.45) is 16.8 Å². The molecule has 0 saturated carbocycles. The number of ether oxygens (including phenoxy) is 2. The maximum Gasteiger partial charge on any atom is 0.195 e. The molecule has 1 aromatic carbocycles. The average Bonchev–Trinajstić information content (AvgIpc) is 3.16. The van der Waals surface area contributed by atoms with Gasteiger partial charge in [0, 0.05) is 45.0 Å². The summed E-state index contributed by atoms with van der Waals surface area (Å²) < 4.78 is 11.8. The summed E-state index contributed by atoms with van der Waals surface area (Å²) in [5.41, 5.74) is 1.00. The van der Waals surface area contributed by atoms with Crippen molar-refractivity contribution in [2.45, 2.75) is 46.3 Å². The van der Waals surface area contributed by atoms with E-state index < -0.39 is 0 Å². The van der Waals surface area contributed by atoms with E-state index in [9.17, 15) is 0 Å². The van der Waals surface area contributed by atoms with Crippen molar-refractivity contribution in [1.29, 1.82) is 0 Å². The third kappa shape index (κ3) is 10.4. The minimum atomic E-state index is 0. The van der Waals surface area contributed by atoms with E-state index in [1.165, 1.54) is 6.42 Å². The zero-order valence-electron chi connectivity index (χ0n) is 21.0. The molecule has 1 aromatic rings. The number of benzene rings is 1. The molecule has 2 saturated heterocycles. The Hall–Kier alpha value is -1.10. The van der Waals surface area contributed by atoms with Gasteiger partial charge in [-0.1, -0.05) is 13.8 Å². The lowest BCUT2D eigenvalue weighted by Crippen LogP contribution is -2.49. The van der Waals surface area contributed by atoms with Crippen LogP contribution in [0.1, 0.15) is 34.1 Å². The number of likely N-dealkylation sites (tertiary alicyclic amines) is 1. The molecular weight excluding hydrogens is 529 g/mol. The predicted octanol–water partition coefficient (Wildman–Crippen LogP) is 3.76. The minimum Gasteiger partial charge on any atom is -0.491 e. The van der Waals surface area contributed by atoms with Gasteiger partial charge >= 0.3 is 0 Å². The summed E-state index contributed by atoms with van der Waals surface area (Å²) in [6.45, 7) is 16.4. The second-order valence-electron chi connectivity index (χ2n) is 9.95. The summed E-state index contributed by atoms with van der Waals surface area (Å²) >= 11 is 0. The molecule has 3 rings (SSSR count). The highest BCUT2D eigenvalue weighted by Crippen LogP contribution is 2.18. The van der Waals surface area contributed by atoms with Gasteiger partial charge in [0.25, 0.3) is 0 Å². The number of nitrogens with zero attached hydrogens (tertiary/aromatic N) is 3. The van der Waals surface area contributed by atoms with Crippen molar-refractivity contribution >= 4 is 35.6 Å². The normalized spacial score (nSPS) is 22.5. The molecule has 7 nitrogen and oxygen atoms in total. The van der Waals surface area contributed by atoms with Gasteiger partial charge in [0.2, 0.25) is 0 Å². The summed E-state index contributed by atoms with van der Waals surface area (Å²) in [4.78, 5) is 9.81. The number of hydrogen-bond acceptors (Lipinski definition) is 5. The van der Waals surface area contributed by atoms with Crippen LogP contribution in [0.15, 0.2) is 29.3 Å². The largest absolute Gasteiger partial charge is 0.491 e. The van der Waals surface area contributed by atoms with Gasteiger partial charge in [0.05, 0.1) is 18.8 Å². The molecule has 0 aromatic heterocycles. The lowest BCUT2D eigenvalue weighted by Gasteiger charge is -2.34. The quantitative estimate of drug-likeness (QED) is 0.267. The van der Waals surface area contributed by atoms with Crippen LogP contribution in [0.3, 0.4) is 0 Å². The number of guanidine groups is 1. The monoisotopic (exact) mass is 573 g/mol. The standard InChI is InChI=1S/C25H43N5O2.HI/c1-19(2)16-30-12-13-31-24(18-30)15-27-25(26-14-21-10-11-29(5)17-21)28-22-6-8-23(9-7-22)32-20(3)4;/h6-9,19-21,24H,10-18H2,1-5H3,(H2,26,27,28);1H. The molecule has 33 heavy (non-hydrogen) atoms. The van der Waals surface area contributed by atoms with E-state index >= 15 is 0 Å². The van der Waals surface area contributed by atoms with E-state index in [-0.39, 0.29) is 36.2 Å². The van der Waals surface area contributed by atoms with Crippen LogP contribution < -0.4 is 15.4 Å². The molecule has 2 aliphatic heterocycles. The van der Waals surface area contributed by atoms with Gasteiger partial charge in [-0.2, -0.15) is 0 Å². The van der Waals surface area contributed by atoms with Crippen molar-refractivity contribution < 1.29 is 9.47 Å². The molecule has 8 heteroatoms. The molecule has 2 atom stereocenters. The van der Waals surface area contributed by atoms with E-state index in [1.807, 2.05) is 38.1 Å². The Morgan fingerprint density at radius 3 is 2.55 bits per heavy atom. The minimum absolute atomic E-state index is 0. The van der Waals surface area contributed by atoms with Crippen LogP contribution in [0.4, 0.5) is 5.69 Å². The predicted molar refractivity (Wildman–Crippen MR) is 148 cm³/mol. The van der Waals surface area contributed by atoms with Crippen LogP contribution in [-0.4, -0.2) is 87.4 Å². The number of halogens is 1. The van der Waals surface area contributed by atoms with Crippen LogP contribution in [0.25, 0.3) is 0 Å². The zero-order chi connectivity index (χ0) is 22.9. The molecule has 2 aliphatic rings. The fraction of sp³-hybridized carbons (Fsp3) is 0.720. The average molecular weight is 574 g/mol. The van der Waals surface area contributed by atoms with Gasteiger partial charge < -0.3 is 25.0 Å². The van der Waals surface area contributed by atoms with E-state index in [4.69, 9.17) is 14.5 Å². The topological polar surface area (TPSA) is 61.4 Å². The molecule has 0 bridgehead atoms. The van der Waals surface area contributed by atoms with Crippen molar-refractivity contribution in [3.63, 3.8) is 0 Å². The van der Waals surface area contributed by atoms with Crippen LogP contribution in [0.5, 0.6) is 5.75 Å². The summed E-state index contributed by atoms with van der Waals surface area (Å²) in [6, 6.07) is 8.08. The van der Waals surface area contributed by atoms with E-state index in [0.717, 1.165) is 69.8 Å². The second-order valence-corrected chi connectivity index (χ2v) is 9.95. The van der Waals surface area contributed by atoms with Gasteiger partial charge in [0.1, 0.15) is 5.75 Å². The Morgan fingerprint density at radius 2 is 1.91 bits per heavy atom. The molecule has 2 unspecified atom stereocenters. The van der Waals surface area contributed by atoms with E-state index in [1.54, 1.807) is 0 Å². The molecular formula is C25H44IN5O2. The molecule has 2 fully saturated rings. The zero-order valence-corrected chi connectivity index (χ0v) is 23.4. The highest BCUT2D eigenvalue weighted by molar-refractivity contribution is 14.0. The molecule has 2 heterocycles. The summed E-state index contributed by atoms with van der Waals surface area (Å²) in [7, 11) is 2.19. The van der Waals surface area contributed by atoms with Gasteiger partial charge in [-0.3, -0.25) is 9.89 Å². The van der Waals surface area contributed by atoms with Gasteiger partial charge in [-0.15, -0.1) is 24.0 Å². The van der Waals surface area contributed by atoms with Crippen molar-refractivity contribution in [2.75, 3.05) is 64.8 Å². The summed E-state index contributed by atoms with van der Waals surface area (Å²) in [5, 5.41) is 7.01. The van der Waals surface area contributed by atoms with E-state index in [2.05, 4.69) is 41.3 Å². The van der Waals surface area contributed by atoms with Gasteiger partial charge in [-0.05, 0) is 70.0 Å². The lowest BCUT2D eigenvalue weighted by molar-refractivity contribution is -0.0283. The number of aliphatic imine (C=N–C) groups is 1. The maximum atomic E-state index is 6.02. The Morgan fingerprint density at radius 1 is 1.15 bits per heavy atom. The fourth-order valence-corrected chi connectivity index (χ4v) is 4.36. The van der Waals surface area contributed by atoms with Crippen LogP contribution in [0, 0.1) is 11.8 Å². The SMILES string of the molecule is CC(C)CN1CCOC(CNC(=NCC2CCN(C)C2)Nc2ccc(OC(C)C)cc2)C1.I. The van der Waals surface area contributed by atoms with E-state index in [0.29, 0.717) is 11.8 Å². The second kappa shape index (κ2) is 14.3. The first-order valence-electron chi connectivity index (χ1n) is 12.2. The van der Waals surface area contributed by atoms with Crippen molar-refractivity contribution in [3.8, 4) is 5.75 Å². The fourth-order valence-electron chi connectivity index (χ4n) is 4.36. The van der Waals surface area contributed by atoms with Crippen molar-refractivity contribution in [1.82, 2.24) is 15.1 Å². The Balaban J connectivity index is 0.00000385. The maximum absolute atomic E-state index is 6.02. The third-order valence-electron chi connectivity index (χ3n) is 5.83. The molecule has 0 radical (unpaired) electrons. The Labute approximate surface area is 217 Å². The summed E-state index contributed by atoms with van der Waals surface area (Å²) in [5.74, 6) is 2.99. The van der Waals surface area contributed by atoms with Gasteiger partial charge in [-0.25, -0.2) is 0 Å². The van der Waals surface area contributed by atoms with Crippen molar-refractivity contribution in [3.05, 3.63) is 24.3 Å². The third-order valence-corrected chi connectivity index (χ3v) is 5.83. The first kappa shape index (κ1) is 28.1. The Kier molecular flexibility index (Phi) is 12.2. The van der Waals surface area contributed by atoms with Crippen LogP contribution >= 0.6 is 24.0 Å².